The molecule has 1 aliphatic heterocycles. The number of amides is 1. The van der Waals surface area contributed by atoms with Crippen molar-refractivity contribution in [1.82, 2.24) is 23.8 Å². The lowest BCUT2D eigenvalue weighted by Crippen LogP contribution is -2.40. The Bertz CT molecular complexity index is 1110. The Hall–Kier alpha value is -2.83. The van der Waals surface area contributed by atoms with Gasteiger partial charge in [-0.2, -0.15) is 5.10 Å². The summed E-state index contributed by atoms with van der Waals surface area (Å²) in [6, 6.07) is 10.5. The van der Waals surface area contributed by atoms with Crippen LogP contribution < -0.4 is 5.69 Å². The number of likely N-dealkylation sites (tertiary alicyclic amines) is 1. The van der Waals surface area contributed by atoms with Crippen molar-refractivity contribution in [3.63, 3.8) is 0 Å². The first kappa shape index (κ1) is 19.2. The van der Waals surface area contributed by atoms with Gasteiger partial charge in [-0.1, -0.05) is 31.0 Å². The highest BCUT2D eigenvalue weighted by Gasteiger charge is 2.31. The van der Waals surface area contributed by atoms with Crippen LogP contribution >= 0.6 is 0 Å². The molecule has 2 aliphatic rings. The minimum atomic E-state index is 0.00916. The third kappa shape index (κ3) is 3.36. The smallest absolute Gasteiger partial charge is 0.341 e. The van der Waals surface area contributed by atoms with Crippen molar-refractivity contribution in [3.05, 3.63) is 52.8 Å². The van der Waals surface area contributed by atoms with Crippen LogP contribution in [0.25, 0.3) is 10.9 Å². The fraction of sp³-hybridized carbons (Fsp3) is 0.522. The lowest BCUT2D eigenvalue weighted by atomic mass is 9.95. The first-order chi connectivity index (χ1) is 14.6. The number of aryl methyl sites for hydroxylation is 1. The van der Waals surface area contributed by atoms with E-state index in [1.54, 1.807) is 7.05 Å². The molecule has 5 rings (SSSR count). The molecule has 0 bridgehead atoms. The highest BCUT2D eigenvalue weighted by atomic mass is 16.2. The molecule has 0 unspecified atom stereocenters. The van der Waals surface area contributed by atoms with Crippen LogP contribution in [0.3, 0.4) is 0 Å². The molecule has 0 N–H and O–H groups in total. The van der Waals surface area contributed by atoms with Gasteiger partial charge in [0.25, 0.3) is 0 Å². The fourth-order valence-electron chi connectivity index (χ4n) is 5.19. The van der Waals surface area contributed by atoms with Crippen LogP contribution in [-0.2, 0) is 18.4 Å². The van der Waals surface area contributed by atoms with E-state index in [-0.39, 0.29) is 17.5 Å². The lowest BCUT2D eigenvalue weighted by molar-refractivity contribution is -0.132. The molecular weight excluding hydrogens is 378 g/mol. The zero-order chi connectivity index (χ0) is 20.7. The molecule has 1 saturated heterocycles. The highest BCUT2D eigenvalue weighted by molar-refractivity contribution is 5.83. The molecule has 2 aromatic heterocycles. The molecule has 3 aromatic rings. The van der Waals surface area contributed by atoms with Gasteiger partial charge in [0.05, 0.1) is 0 Å². The summed E-state index contributed by atoms with van der Waals surface area (Å²) in [5.41, 5.74) is 1.10. The number of rotatable bonds is 4. The number of para-hydroxylation sites is 1. The van der Waals surface area contributed by atoms with Gasteiger partial charge in [-0.3, -0.25) is 9.36 Å². The molecule has 0 radical (unpaired) electrons. The monoisotopic (exact) mass is 407 g/mol. The average molecular weight is 408 g/mol. The summed E-state index contributed by atoms with van der Waals surface area (Å²) in [4.78, 5) is 27.6. The number of hydrogen-bond acceptors (Lipinski definition) is 3. The molecular formula is C23H29N5O2. The summed E-state index contributed by atoms with van der Waals surface area (Å²) in [6.45, 7) is 1.81. The summed E-state index contributed by atoms with van der Waals surface area (Å²) in [5, 5.41) is 5.76. The number of aromatic nitrogens is 4. The van der Waals surface area contributed by atoms with Gasteiger partial charge in [-0.25, -0.2) is 9.48 Å². The van der Waals surface area contributed by atoms with E-state index in [9.17, 15) is 9.59 Å². The third-order valence-electron chi connectivity index (χ3n) is 6.87. The highest BCUT2D eigenvalue weighted by Crippen LogP contribution is 2.33. The zero-order valence-corrected chi connectivity index (χ0v) is 17.5. The van der Waals surface area contributed by atoms with Crippen LogP contribution in [0, 0.1) is 0 Å². The third-order valence-corrected chi connectivity index (χ3v) is 6.87. The Morgan fingerprint density at radius 2 is 1.80 bits per heavy atom. The van der Waals surface area contributed by atoms with Crippen molar-refractivity contribution in [1.29, 1.82) is 0 Å². The van der Waals surface area contributed by atoms with Gasteiger partial charge in [0.1, 0.15) is 12.4 Å². The van der Waals surface area contributed by atoms with E-state index in [1.807, 2.05) is 32.4 Å². The van der Waals surface area contributed by atoms with E-state index >= 15 is 0 Å². The predicted octanol–water partition coefficient (Wildman–Crippen LogP) is 3.06. The van der Waals surface area contributed by atoms with Gasteiger partial charge in [-0.15, -0.1) is 0 Å². The molecule has 1 aromatic carbocycles. The van der Waals surface area contributed by atoms with Gasteiger partial charge in [-0.05, 0) is 43.2 Å². The van der Waals surface area contributed by atoms with Crippen molar-refractivity contribution in [2.24, 2.45) is 7.05 Å². The Morgan fingerprint density at radius 1 is 1.07 bits per heavy atom. The van der Waals surface area contributed by atoms with Crippen molar-refractivity contribution in [3.8, 4) is 0 Å². The SMILES string of the molecule is Cn1nc(C2CCN(C(=O)Cn3ccc4ccccc43)CC2)n(C2CCCC2)c1=O. The Labute approximate surface area is 175 Å². The van der Waals surface area contributed by atoms with E-state index in [0.717, 1.165) is 55.5 Å². The van der Waals surface area contributed by atoms with Crippen LogP contribution in [0.4, 0.5) is 0 Å². The first-order valence-electron chi connectivity index (χ1n) is 11.1. The average Bonchev–Trinajstić information content (AvgIpc) is 3.49. The van der Waals surface area contributed by atoms with Gasteiger partial charge in [0.15, 0.2) is 0 Å². The number of piperidine rings is 1. The van der Waals surface area contributed by atoms with Gasteiger partial charge in [0.2, 0.25) is 5.91 Å². The second-order valence-corrected chi connectivity index (χ2v) is 8.73. The van der Waals surface area contributed by atoms with Gasteiger partial charge in [0, 0.05) is 43.8 Å². The molecule has 1 amide bonds. The van der Waals surface area contributed by atoms with E-state index in [4.69, 9.17) is 0 Å². The van der Waals surface area contributed by atoms with Crippen molar-refractivity contribution < 1.29 is 4.79 Å². The molecule has 1 saturated carbocycles. The maximum absolute atomic E-state index is 12.9. The molecule has 3 heterocycles. The minimum Gasteiger partial charge on any atom is -0.341 e. The molecule has 30 heavy (non-hydrogen) atoms. The maximum Gasteiger partial charge on any atom is 0.345 e. The number of nitrogens with zero attached hydrogens (tertiary/aromatic N) is 5. The minimum absolute atomic E-state index is 0.00916. The van der Waals surface area contributed by atoms with E-state index in [1.165, 1.54) is 17.5 Å². The number of hydrogen-bond donors (Lipinski definition) is 0. The Balaban J connectivity index is 1.27. The van der Waals surface area contributed by atoms with Crippen LogP contribution in [0.1, 0.15) is 56.3 Å². The van der Waals surface area contributed by atoms with E-state index in [2.05, 4.69) is 23.3 Å². The quantitative estimate of drug-likeness (QED) is 0.668. The van der Waals surface area contributed by atoms with Crippen LogP contribution in [0.5, 0.6) is 0 Å². The van der Waals surface area contributed by atoms with Crippen molar-refractivity contribution in [2.75, 3.05) is 13.1 Å². The van der Waals surface area contributed by atoms with Gasteiger partial charge < -0.3 is 9.47 Å². The summed E-state index contributed by atoms with van der Waals surface area (Å²) in [6.07, 6.45) is 8.23. The molecule has 7 nitrogen and oxygen atoms in total. The number of carbonyl (C=O) groups excluding carboxylic acids is 1. The zero-order valence-electron chi connectivity index (χ0n) is 17.5. The Kier molecular flexibility index (Phi) is 4.97. The van der Waals surface area contributed by atoms with Crippen molar-refractivity contribution >= 4 is 16.8 Å². The fourth-order valence-corrected chi connectivity index (χ4v) is 5.19. The largest absolute Gasteiger partial charge is 0.345 e. The number of benzene rings is 1. The molecule has 0 spiro atoms. The van der Waals surface area contributed by atoms with Crippen LogP contribution in [0.15, 0.2) is 41.3 Å². The second kappa shape index (κ2) is 7.78. The van der Waals surface area contributed by atoms with Crippen molar-refractivity contribution in [2.45, 2.75) is 57.0 Å². The lowest BCUT2D eigenvalue weighted by Gasteiger charge is -2.32. The van der Waals surface area contributed by atoms with E-state index in [0.29, 0.717) is 12.6 Å². The van der Waals surface area contributed by atoms with E-state index < -0.39 is 0 Å². The standard InChI is InChI=1S/C23H29N5O2/c1-25-23(30)28(19-7-3-4-8-19)22(24-25)18-11-13-26(14-12-18)21(29)16-27-15-10-17-6-2-5-9-20(17)27/h2,5-6,9-10,15,18-19H,3-4,7-8,11-14,16H2,1H3. The summed E-state index contributed by atoms with van der Waals surface area (Å²) in [5.74, 6) is 1.33. The number of carbonyl (C=O) groups is 1. The second-order valence-electron chi connectivity index (χ2n) is 8.73. The molecule has 158 valence electrons. The maximum atomic E-state index is 12.9. The topological polar surface area (TPSA) is 65.1 Å². The number of fused-ring (bicyclic) bond motifs is 1. The summed E-state index contributed by atoms with van der Waals surface area (Å²) >= 11 is 0. The molecule has 7 heteroatoms. The first-order valence-corrected chi connectivity index (χ1v) is 11.1. The summed E-state index contributed by atoms with van der Waals surface area (Å²) < 4.78 is 5.48. The van der Waals surface area contributed by atoms with Crippen LogP contribution in [-0.4, -0.2) is 42.8 Å². The van der Waals surface area contributed by atoms with Gasteiger partial charge >= 0.3 is 5.69 Å². The predicted molar refractivity (Wildman–Crippen MR) is 115 cm³/mol. The normalized spacial score (nSPS) is 18.5. The summed E-state index contributed by atoms with van der Waals surface area (Å²) in [7, 11) is 1.75. The molecule has 2 fully saturated rings. The Morgan fingerprint density at radius 3 is 2.57 bits per heavy atom. The van der Waals surface area contributed by atoms with Crippen LogP contribution in [0.2, 0.25) is 0 Å². The molecule has 0 atom stereocenters. The molecule has 1 aliphatic carbocycles.